The molecule has 4 nitrogen and oxygen atoms in total. The first kappa shape index (κ1) is 18.5. The van der Waals surface area contributed by atoms with Gasteiger partial charge in [0.1, 0.15) is 0 Å². The average Bonchev–Trinajstić information content (AvgIpc) is 3.02. The Kier molecular flexibility index (Phi) is 5.60. The van der Waals surface area contributed by atoms with E-state index in [0.29, 0.717) is 13.0 Å². The number of amides is 1. The summed E-state index contributed by atoms with van der Waals surface area (Å²) in [5.74, 6) is 1.12. The van der Waals surface area contributed by atoms with E-state index in [0.717, 1.165) is 36.4 Å². The number of benzene rings is 1. The summed E-state index contributed by atoms with van der Waals surface area (Å²) in [6.07, 6.45) is -0.969. The van der Waals surface area contributed by atoms with Crippen LogP contribution in [0.25, 0.3) is 0 Å². The highest BCUT2D eigenvalue weighted by molar-refractivity contribution is 7.98. The Morgan fingerprint density at radius 3 is 2.64 bits per heavy atom. The first-order valence-electron chi connectivity index (χ1n) is 8.35. The minimum atomic E-state index is -4.33. The van der Waals surface area contributed by atoms with Gasteiger partial charge in [-0.1, -0.05) is 12.1 Å². The monoisotopic (exact) mass is 373 g/mol. The third kappa shape index (κ3) is 4.12. The highest BCUT2D eigenvalue weighted by Gasteiger charge is 2.41. The van der Waals surface area contributed by atoms with Crippen LogP contribution in [0.5, 0.6) is 0 Å². The number of hydrogen-bond donors (Lipinski definition) is 2. The number of hydrazine groups is 1. The van der Waals surface area contributed by atoms with E-state index >= 15 is 0 Å². The smallest absolute Gasteiger partial charge is 0.342 e. The van der Waals surface area contributed by atoms with E-state index in [1.165, 1.54) is 12.1 Å². The normalized spacial score (nSPS) is 26.6. The molecule has 25 heavy (non-hydrogen) atoms. The maximum atomic E-state index is 12.7. The second-order valence-electron chi connectivity index (χ2n) is 6.53. The van der Waals surface area contributed by atoms with Gasteiger partial charge in [0.2, 0.25) is 5.91 Å². The van der Waals surface area contributed by atoms with Crippen LogP contribution in [0.15, 0.2) is 24.3 Å². The fourth-order valence-corrected chi connectivity index (χ4v) is 3.97. The van der Waals surface area contributed by atoms with Crippen LogP contribution in [-0.2, 0) is 11.0 Å². The van der Waals surface area contributed by atoms with Gasteiger partial charge in [-0.2, -0.15) is 24.9 Å². The molecule has 0 bridgehead atoms. The van der Waals surface area contributed by atoms with E-state index < -0.39 is 11.7 Å². The zero-order valence-electron chi connectivity index (χ0n) is 14.0. The van der Waals surface area contributed by atoms with Gasteiger partial charge >= 0.3 is 6.18 Å². The molecule has 0 saturated carbocycles. The highest BCUT2D eigenvalue weighted by Crippen LogP contribution is 2.35. The van der Waals surface area contributed by atoms with Crippen LogP contribution >= 0.6 is 11.8 Å². The molecule has 2 heterocycles. The van der Waals surface area contributed by atoms with E-state index in [1.54, 1.807) is 11.8 Å². The van der Waals surface area contributed by atoms with Crippen molar-refractivity contribution in [3.63, 3.8) is 0 Å². The van der Waals surface area contributed by atoms with Crippen molar-refractivity contribution in [2.75, 3.05) is 25.1 Å². The van der Waals surface area contributed by atoms with Crippen LogP contribution in [-0.4, -0.2) is 41.9 Å². The molecule has 138 valence electrons. The van der Waals surface area contributed by atoms with E-state index in [1.807, 2.05) is 11.2 Å². The molecule has 0 aliphatic carbocycles. The lowest BCUT2D eigenvalue weighted by Gasteiger charge is -2.36. The predicted molar refractivity (Wildman–Crippen MR) is 91.9 cm³/mol. The Morgan fingerprint density at radius 2 is 2.00 bits per heavy atom. The van der Waals surface area contributed by atoms with E-state index in [2.05, 4.69) is 10.9 Å². The van der Waals surface area contributed by atoms with Crippen molar-refractivity contribution in [1.29, 1.82) is 0 Å². The van der Waals surface area contributed by atoms with Crippen molar-refractivity contribution in [1.82, 2.24) is 15.8 Å². The topological polar surface area (TPSA) is 44.4 Å². The van der Waals surface area contributed by atoms with Gasteiger partial charge in [-0.3, -0.25) is 10.2 Å². The first-order valence-corrected chi connectivity index (χ1v) is 9.74. The summed E-state index contributed by atoms with van der Waals surface area (Å²) < 4.78 is 38.2. The minimum absolute atomic E-state index is 0.0940. The SMILES string of the molecule is CSCCC(=O)N1CCC2NNC(c3ccc(C(F)(F)F)cc3)C2C1. The van der Waals surface area contributed by atoms with Crippen LogP contribution in [0.2, 0.25) is 0 Å². The molecule has 1 amide bonds. The van der Waals surface area contributed by atoms with Crippen molar-refractivity contribution in [2.24, 2.45) is 5.92 Å². The molecule has 3 rings (SSSR count). The number of piperidine rings is 1. The predicted octanol–water partition coefficient (Wildman–Crippen LogP) is 2.82. The second-order valence-corrected chi connectivity index (χ2v) is 7.51. The van der Waals surface area contributed by atoms with Gasteiger partial charge in [0.05, 0.1) is 11.6 Å². The number of thioether (sulfide) groups is 1. The molecule has 8 heteroatoms. The number of carbonyl (C=O) groups is 1. The quantitative estimate of drug-likeness (QED) is 0.852. The number of halogens is 3. The third-order valence-electron chi connectivity index (χ3n) is 4.98. The second kappa shape index (κ2) is 7.55. The van der Waals surface area contributed by atoms with Gasteiger partial charge in [-0.25, -0.2) is 5.43 Å². The summed E-state index contributed by atoms with van der Waals surface area (Å²) in [6.45, 7) is 1.35. The summed E-state index contributed by atoms with van der Waals surface area (Å²) in [7, 11) is 0. The molecule has 1 aromatic rings. The third-order valence-corrected chi connectivity index (χ3v) is 5.59. The molecule has 0 spiro atoms. The molecule has 0 aromatic heterocycles. The molecule has 2 fully saturated rings. The van der Waals surface area contributed by atoms with Crippen molar-refractivity contribution >= 4 is 17.7 Å². The van der Waals surface area contributed by atoms with Crippen LogP contribution < -0.4 is 10.9 Å². The first-order chi connectivity index (χ1) is 11.9. The Balaban J connectivity index is 1.70. The van der Waals surface area contributed by atoms with Crippen molar-refractivity contribution < 1.29 is 18.0 Å². The molecule has 1 aromatic carbocycles. The Hall–Kier alpha value is -1.25. The van der Waals surface area contributed by atoms with E-state index in [9.17, 15) is 18.0 Å². The van der Waals surface area contributed by atoms with Gasteiger partial charge in [-0.15, -0.1) is 0 Å². The van der Waals surface area contributed by atoms with Crippen LogP contribution in [0.3, 0.4) is 0 Å². The minimum Gasteiger partial charge on any atom is -0.342 e. The molecular formula is C17H22F3N3OS. The summed E-state index contributed by atoms with van der Waals surface area (Å²) in [4.78, 5) is 14.2. The number of rotatable bonds is 4. The largest absolute Gasteiger partial charge is 0.416 e. The van der Waals surface area contributed by atoms with Gasteiger partial charge in [0, 0.05) is 37.2 Å². The Morgan fingerprint density at radius 1 is 1.28 bits per heavy atom. The van der Waals surface area contributed by atoms with Gasteiger partial charge in [0.25, 0.3) is 0 Å². The molecule has 2 aliphatic rings. The van der Waals surface area contributed by atoms with E-state index in [4.69, 9.17) is 0 Å². The Labute approximate surface area is 149 Å². The number of carbonyl (C=O) groups excluding carboxylic acids is 1. The molecule has 3 atom stereocenters. The standard InChI is InChI=1S/C17H22F3N3OS/c1-25-9-7-15(24)23-8-6-14-13(10-23)16(22-21-14)11-2-4-12(5-3-11)17(18,19)20/h2-5,13-14,16,21-22H,6-10H2,1H3. The number of alkyl halides is 3. The molecule has 0 radical (unpaired) electrons. The van der Waals surface area contributed by atoms with Gasteiger partial charge in [0.15, 0.2) is 0 Å². The van der Waals surface area contributed by atoms with Crippen molar-refractivity contribution in [3.05, 3.63) is 35.4 Å². The summed E-state index contributed by atoms with van der Waals surface area (Å²) >= 11 is 1.65. The lowest BCUT2D eigenvalue weighted by molar-refractivity contribution is -0.137. The molecule has 2 aliphatic heterocycles. The van der Waals surface area contributed by atoms with Crippen LogP contribution in [0.1, 0.15) is 30.0 Å². The van der Waals surface area contributed by atoms with Crippen molar-refractivity contribution in [2.45, 2.75) is 31.1 Å². The summed E-state index contributed by atoms with van der Waals surface area (Å²) in [5, 5.41) is 0. The number of fused-ring (bicyclic) bond motifs is 1. The average molecular weight is 373 g/mol. The van der Waals surface area contributed by atoms with Crippen LogP contribution in [0, 0.1) is 5.92 Å². The molecule has 2 saturated heterocycles. The highest BCUT2D eigenvalue weighted by atomic mass is 32.2. The van der Waals surface area contributed by atoms with Gasteiger partial charge in [-0.05, 0) is 30.4 Å². The van der Waals surface area contributed by atoms with E-state index in [-0.39, 0.29) is 23.9 Å². The fraction of sp³-hybridized carbons (Fsp3) is 0.588. The maximum absolute atomic E-state index is 12.7. The lowest BCUT2D eigenvalue weighted by Crippen LogP contribution is -2.47. The lowest BCUT2D eigenvalue weighted by atomic mass is 9.85. The van der Waals surface area contributed by atoms with Gasteiger partial charge < -0.3 is 4.90 Å². The fourth-order valence-electron chi connectivity index (χ4n) is 3.59. The number of nitrogens with zero attached hydrogens (tertiary/aromatic N) is 1. The zero-order chi connectivity index (χ0) is 18.0. The number of hydrogen-bond acceptors (Lipinski definition) is 4. The molecule has 3 unspecified atom stereocenters. The van der Waals surface area contributed by atoms with Crippen molar-refractivity contribution in [3.8, 4) is 0 Å². The molecule has 2 N–H and O–H groups in total. The van der Waals surface area contributed by atoms with Crippen LogP contribution in [0.4, 0.5) is 13.2 Å². The Bertz CT molecular complexity index is 608. The zero-order valence-corrected chi connectivity index (χ0v) is 14.8. The number of likely N-dealkylation sites (tertiary alicyclic amines) is 1. The number of nitrogens with one attached hydrogen (secondary N) is 2. The summed E-state index contributed by atoms with van der Waals surface area (Å²) in [5.41, 5.74) is 6.61. The summed E-state index contributed by atoms with van der Waals surface area (Å²) in [6, 6.07) is 5.43. The maximum Gasteiger partial charge on any atom is 0.416 e. The molecular weight excluding hydrogens is 351 g/mol.